The van der Waals surface area contributed by atoms with Gasteiger partial charge in [-0.1, -0.05) is 20.8 Å². The Balaban J connectivity index is 2.12. The fraction of sp³-hybridized carbons (Fsp3) is 0.800. The van der Waals surface area contributed by atoms with E-state index in [1.807, 2.05) is 5.51 Å². The number of hydrogen-bond acceptors (Lipinski definition) is 4. The van der Waals surface area contributed by atoms with Crippen molar-refractivity contribution in [3.05, 3.63) is 16.1 Å². The molecule has 4 heteroatoms. The van der Waals surface area contributed by atoms with Crippen LogP contribution in [-0.2, 0) is 6.54 Å². The van der Waals surface area contributed by atoms with Crippen LogP contribution in [0.4, 0.5) is 0 Å². The van der Waals surface area contributed by atoms with Crippen molar-refractivity contribution in [3.8, 4) is 0 Å². The summed E-state index contributed by atoms with van der Waals surface area (Å²) in [5, 5.41) is 3.80. The quantitative estimate of drug-likeness (QED) is 0.898. The van der Waals surface area contributed by atoms with Gasteiger partial charge in [0.1, 0.15) is 0 Å². The molecule has 1 aliphatic rings. The summed E-state index contributed by atoms with van der Waals surface area (Å²) in [7, 11) is 0. The van der Waals surface area contributed by atoms with Crippen molar-refractivity contribution >= 4 is 11.3 Å². The van der Waals surface area contributed by atoms with Crippen molar-refractivity contribution in [1.29, 1.82) is 0 Å². The van der Waals surface area contributed by atoms with Gasteiger partial charge in [-0.3, -0.25) is 4.90 Å². The number of hydrogen-bond donors (Lipinski definition) is 1. The third-order valence-electron chi connectivity index (χ3n) is 4.75. The Kier molecular flexibility index (Phi) is 4.98. The second-order valence-electron chi connectivity index (χ2n) is 5.70. The molecule has 1 fully saturated rings. The van der Waals surface area contributed by atoms with Crippen LogP contribution >= 0.6 is 11.3 Å². The molecule has 1 aromatic heterocycles. The Bertz CT molecular complexity index is 398. The van der Waals surface area contributed by atoms with E-state index >= 15 is 0 Å². The molecule has 1 aliphatic heterocycles. The van der Waals surface area contributed by atoms with E-state index in [4.69, 9.17) is 0 Å². The van der Waals surface area contributed by atoms with Crippen molar-refractivity contribution in [2.75, 3.05) is 13.1 Å². The molecule has 1 saturated heterocycles. The molecule has 0 bridgehead atoms. The lowest BCUT2D eigenvalue weighted by Gasteiger charge is -2.47. The molecule has 2 rings (SSSR count). The van der Waals surface area contributed by atoms with Gasteiger partial charge in [0, 0.05) is 36.1 Å². The summed E-state index contributed by atoms with van der Waals surface area (Å²) in [6, 6.07) is 0.660. The molecule has 0 aromatic carbocycles. The highest BCUT2D eigenvalue weighted by Crippen LogP contribution is 2.26. The number of rotatable bonds is 5. The lowest BCUT2D eigenvalue weighted by molar-refractivity contribution is 0.0649. The van der Waals surface area contributed by atoms with Crippen LogP contribution in [0.3, 0.4) is 0 Å². The van der Waals surface area contributed by atoms with Crippen LogP contribution in [0.5, 0.6) is 0 Å². The lowest BCUT2D eigenvalue weighted by Crippen LogP contribution is -2.63. The molecule has 3 nitrogen and oxygen atoms in total. The van der Waals surface area contributed by atoms with Crippen LogP contribution in [0.2, 0.25) is 0 Å². The minimum Gasteiger partial charge on any atom is -0.308 e. The Morgan fingerprint density at radius 2 is 2.16 bits per heavy atom. The largest absolute Gasteiger partial charge is 0.308 e. The maximum atomic E-state index is 4.39. The van der Waals surface area contributed by atoms with Gasteiger partial charge in [-0.2, -0.15) is 0 Å². The zero-order chi connectivity index (χ0) is 13.9. The molecule has 0 aliphatic carbocycles. The summed E-state index contributed by atoms with van der Waals surface area (Å²) in [5.74, 6) is 0. The number of nitrogens with one attached hydrogen (secondary N) is 1. The highest BCUT2D eigenvalue weighted by molar-refractivity contribution is 7.09. The zero-order valence-corrected chi connectivity index (χ0v) is 13.5. The van der Waals surface area contributed by atoms with Gasteiger partial charge in [-0.25, -0.2) is 4.98 Å². The molecular formula is C15H27N3S. The minimum absolute atomic E-state index is 0.310. The molecule has 1 N–H and O–H groups in total. The van der Waals surface area contributed by atoms with E-state index in [9.17, 15) is 0 Å². The smallest absolute Gasteiger partial charge is 0.0798 e. The topological polar surface area (TPSA) is 28.2 Å². The van der Waals surface area contributed by atoms with E-state index in [1.165, 1.54) is 29.8 Å². The third-order valence-corrected chi connectivity index (χ3v) is 5.67. The highest BCUT2D eigenvalue weighted by atomic mass is 32.1. The first kappa shape index (κ1) is 14.9. The first-order valence-electron chi connectivity index (χ1n) is 7.52. The van der Waals surface area contributed by atoms with Gasteiger partial charge in [0.05, 0.1) is 11.2 Å². The predicted molar refractivity (Wildman–Crippen MR) is 82.7 cm³/mol. The van der Waals surface area contributed by atoms with Crippen molar-refractivity contribution in [1.82, 2.24) is 15.2 Å². The van der Waals surface area contributed by atoms with Gasteiger partial charge < -0.3 is 5.32 Å². The van der Waals surface area contributed by atoms with E-state index in [1.54, 1.807) is 11.3 Å². The molecule has 0 saturated carbocycles. The Hall–Kier alpha value is -0.450. The van der Waals surface area contributed by atoms with Crippen LogP contribution in [0.15, 0.2) is 5.51 Å². The fourth-order valence-corrected chi connectivity index (χ4v) is 3.81. The summed E-state index contributed by atoms with van der Waals surface area (Å²) >= 11 is 1.80. The summed E-state index contributed by atoms with van der Waals surface area (Å²) in [5.41, 5.74) is 3.49. The zero-order valence-electron chi connectivity index (χ0n) is 12.7. The van der Waals surface area contributed by atoms with Crippen LogP contribution in [-0.4, -0.2) is 34.6 Å². The number of aromatic nitrogens is 1. The molecule has 1 aromatic rings. The fourth-order valence-electron chi connectivity index (χ4n) is 3.01. The summed E-state index contributed by atoms with van der Waals surface area (Å²) in [6.07, 6.45) is 3.63. The molecule has 0 amide bonds. The first-order chi connectivity index (χ1) is 9.14. The third kappa shape index (κ3) is 3.18. The van der Waals surface area contributed by atoms with E-state index in [0.717, 1.165) is 19.6 Å². The minimum atomic E-state index is 0.310. The standard InChI is InChI=1S/C15H27N3S/c1-5-13-8-17-15(6-2,7-3)10-18(13)9-14-12(4)16-11-19-14/h11,13,17H,5-10H2,1-4H3. The molecular weight excluding hydrogens is 254 g/mol. The maximum Gasteiger partial charge on any atom is 0.0798 e. The second kappa shape index (κ2) is 6.33. The van der Waals surface area contributed by atoms with Gasteiger partial charge >= 0.3 is 0 Å². The first-order valence-corrected chi connectivity index (χ1v) is 8.40. The summed E-state index contributed by atoms with van der Waals surface area (Å²) < 4.78 is 0. The molecule has 1 atom stereocenters. The van der Waals surface area contributed by atoms with Gasteiger partial charge in [-0.15, -0.1) is 11.3 Å². The monoisotopic (exact) mass is 281 g/mol. The SMILES string of the molecule is CCC1CNC(CC)(CC)CN1Cc1scnc1C. The molecule has 2 heterocycles. The van der Waals surface area contributed by atoms with Crippen LogP contribution in [0, 0.1) is 6.92 Å². The highest BCUT2D eigenvalue weighted by Gasteiger charge is 2.36. The average Bonchev–Trinajstić information content (AvgIpc) is 2.84. The Morgan fingerprint density at radius 3 is 2.68 bits per heavy atom. The molecule has 108 valence electrons. The van der Waals surface area contributed by atoms with E-state index < -0.39 is 0 Å². The van der Waals surface area contributed by atoms with Crippen molar-refractivity contribution < 1.29 is 0 Å². The molecule has 0 radical (unpaired) electrons. The normalized spacial score (nSPS) is 23.7. The maximum absolute atomic E-state index is 4.39. The van der Waals surface area contributed by atoms with Crippen LogP contribution < -0.4 is 5.32 Å². The number of nitrogens with zero attached hydrogens (tertiary/aromatic N) is 2. The van der Waals surface area contributed by atoms with E-state index in [0.29, 0.717) is 11.6 Å². The number of aryl methyl sites for hydroxylation is 1. The van der Waals surface area contributed by atoms with Crippen molar-refractivity contribution in [2.45, 2.75) is 65.1 Å². The predicted octanol–water partition coefficient (Wildman–Crippen LogP) is 3.19. The molecule has 0 spiro atoms. The Labute approximate surface area is 121 Å². The van der Waals surface area contributed by atoms with Crippen molar-refractivity contribution in [3.63, 3.8) is 0 Å². The molecule has 19 heavy (non-hydrogen) atoms. The molecule has 1 unspecified atom stereocenters. The van der Waals surface area contributed by atoms with Gasteiger partial charge in [0.2, 0.25) is 0 Å². The lowest BCUT2D eigenvalue weighted by atomic mass is 9.88. The van der Waals surface area contributed by atoms with Gasteiger partial charge in [0.15, 0.2) is 0 Å². The van der Waals surface area contributed by atoms with Crippen LogP contribution in [0.1, 0.15) is 50.6 Å². The summed E-state index contributed by atoms with van der Waals surface area (Å²) in [6.45, 7) is 12.4. The van der Waals surface area contributed by atoms with Crippen molar-refractivity contribution in [2.24, 2.45) is 0 Å². The number of thiazole rings is 1. The Morgan fingerprint density at radius 1 is 1.42 bits per heavy atom. The average molecular weight is 281 g/mol. The van der Waals surface area contributed by atoms with E-state index in [-0.39, 0.29) is 0 Å². The van der Waals surface area contributed by atoms with Gasteiger partial charge in [-0.05, 0) is 26.2 Å². The van der Waals surface area contributed by atoms with Crippen LogP contribution in [0.25, 0.3) is 0 Å². The second-order valence-corrected chi connectivity index (χ2v) is 6.64. The summed E-state index contributed by atoms with van der Waals surface area (Å²) in [4.78, 5) is 8.49. The number of piperazine rings is 1. The van der Waals surface area contributed by atoms with Gasteiger partial charge in [0.25, 0.3) is 0 Å². The van der Waals surface area contributed by atoms with E-state index in [2.05, 4.69) is 42.9 Å².